The van der Waals surface area contributed by atoms with Crippen molar-refractivity contribution in [3.8, 4) is 0 Å². The van der Waals surface area contributed by atoms with E-state index in [0.717, 1.165) is 24.5 Å². The summed E-state index contributed by atoms with van der Waals surface area (Å²) in [7, 11) is 1.92. The van der Waals surface area contributed by atoms with E-state index < -0.39 is 0 Å². The van der Waals surface area contributed by atoms with Gasteiger partial charge in [-0.15, -0.1) is 0 Å². The lowest BCUT2D eigenvalue weighted by molar-refractivity contribution is 0.540. The zero-order chi connectivity index (χ0) is 11.4. The Bertz CT molecular complexity index is 418. The molecule has 0 aliphatic rings. The number of nitrogens with zero attached hydrogens (tertiary/aromatic N) is 4. The van der Waals surface area contributed by atoms with E-state index in [1.54, 1.807) is 6.20 Å². The smallest absolute Gasteiger partial charge is 0.110 e. The first kappa shape index (κ1) is 10.8. The third kappa shape index (κ3) is 2.11. The predicted molar refractivity (Wildman–Crippen MR) is 59.8 cm³/mol. The van der Waals surface area contributed by atoms with E-state index in [4.69, 9.17) is 0 Å². The number of aromatic amines is 1. The maximum absolute atomic E-state index is 4.35. The fourth-order valence-electron chi connectivity index (χ4n) is 1.73. The quantitative estimate of drug-likeness (QED) is 0.770. The van der Waals surface area contributed by atoms with Crippen LogP contribution < -0.4 is 5.32 Å². The molecule has 0 radical (unpaired) electrons. The van der Waals surface area contributed by atoms with Gasteiger partial charge in [0.15, 0.2) is 0 Å². The van der Waals surface area contributed by atoms with Crippen LogP contribution in [-0.2, 0) is 13.0 Å². The van der Waals surface area contributed by atoms with Crippen molar-refractivity contribution in [1.29, 1.82) is 0 Å². The normalized spacial score (nSPS) is 12.9. The minimum absolute atomic E-state index is 0.145. The van der Waals surface area contributed by atoms with Gasteiger partial charge in [0.1, 0.15) is 5.82 Å². The van der Waals surface area contributed by atoms with Gasteiger partial charge in [-0.05, 0) is 14.0 Å². The second kappa shape index (κ2) is 4.89. The molecular weight excluding hydrogens is 204 g/mol. The van der Waals surface area contributed by atoms with Crippen LogP contribution in [0.4, 0.5) is 0 Å². The first-order valence-corrected chi connectivity index (χ1v) is 5.38. The SMILES string of the molecule is CCn1ccnc1CC(NC)c1cn[nH]n1. The summed E-state index contributed by atoms with van der Waals surface area (Å²) in [5.41, 5.74) is 0.910. The molecule has 6 heteroatoms. The molecular formula is C10H16N6. The van der Waals surface area contributed by atoms with Gasteiger partial charge in [0.05, 0.1) is 17.9 Å². The molecule has 2 aromatic heterocycles. The lowest BCUT2D eigenvalue weighted by Gasteiger charge is -2.13. The Morgan fingerprint density at radius 1 is 1.56 bits per heavy atom. The molecule has 0 fully saturated rings. The van der Waals surface area contributed by atoms with E-state index in [0.29, 0.717) is 0 Å². The van der Waals surface area contributed by atoms with Gasteiger partial charge in [0.25, 0.3) is 0 Å². The molecule has 0 spiro atoms. The van der Waals surface area contributed by atoms with Crippen molar-refractivity contribution in [3.05, 3.63) is 30.1 Å². The highest BCUT2D eigenvalue weighted by atomic mass is 15.3. The zero-order valence-corrected chi connectivity index (χ0v) is 9.51. The lowest BCUT2D eigenvalue weighted by atomic mass is 10.1. The third-order valence-corrected chi connectivity index (χ3v) is 2.67. The largest absolute Gasteiger partial charge is 0.335 e. The molecule has 2 N–H and O–H groups in total. The van der Waals surface area contributed by atoms with Crippen LogP contribution in [0.15, 0.2) is 18.6 Å². The van der Waals surface area contributed by atoms with Crippen LogP contribution in [-0.4, -0.2) is 32.0 Å². The van der Waals surface area contributed by atoms with Crippen LogP contribution in [0.5, 0.6) is 0 Å². The van der Waals surface area contributed by atoms with Crippen LogP contribution >= 0.6 is 0 Å². The molecule has 86 valence electrons. The maximum Gasteiger partial charge on any atom is 0.110 e. The molecule has 16 heavy (non-hydrogen) atoms. The highest BCUT2D eigenvalue weighted by Crippen LogP contribution is 2.13. The van der Waals surface area contributed by atoms with Gasteiger partial charge in [-0.3, -0.25) is 0 Å². The van der Waals surface area contributed by atoms with Crippen molar-refractivity contribution in [3.63, 3.8) is 0 Å². The zero-order valence-electron chi connectivity index (χ0n) is 9.51. The highest BCUT2D eigenvalue weighted by Gasteiger charge is 2.15. The van der Waals surface area contributed by atoms with Gasteiger partial charge in [-0.25, -0.2) is 4.98 Å². The highest BCUT2D eigenvalue weighted by molar-refractivity contribution is 5.05. The fraction of sp³-hybridized carbons (Fsp3) is 0.500. The van der Waals surface area contributed by atoms with E-state index in [1.807, 2.05) is 19.4 Å². The van der Waals surface area contributed by atoms with Crippen molar-refractivity contribution in [1.82, 2.24) is 30.3 Å². The van der Waals surface area contributed by atoms with Crippen LogP contribution in [0.3, 0.4) is 0 Å². The second-order valence-electron chi connectivity index (χ2n) is 3.57. The molecule has 0 amide bonds. The Morgan fingerprint density at radius 2 is 2.44 bits per heavy atom. The summed E-state index contributed by atoms with van der Waals surface area (Å²) >= 11 is 0. The Kier molecular flexibility index (Phi) is 3.31. The number of aromatic nitrogens is 5. The number of rotatable bonds is 5. The van der Waals surface area contributed by atoms with Crippen LogP contribution in [0.2, 0.25) is 0 Å². The van der Waals surface area contributed by atoms with E-state index in [-0.39, 0.29) is 6.04 Å². The van der Waals surface area contributed by atoms with Crippen molar-refractivity contribution in [2.45, 2.75) is 25.9 Å². The Morgan fingerprint density at radius 3 is 3.06 bits per heavy atom. The van der Waals surface area contributed by atoms with Gasteiger partial charge in [0.2, 0.25) is 0 Å². The molecule has 6 nitrogen and oxygen atoms in total. The van der Waals surface area contributed by atoms with Gasteiger partial charge in [-0.1, -0.05) is 0 Å². The molecule has 0 aromatic carbocycles. The standard InChI is InChI=1S/C10H16N6/c1-3-16-5-4-12-10(16)6-8(11-2)9-7-13-15-14-9/h4-5,7-8,11H,3,6H2,1-2H3,(H,13,14,15). The van der Waals surface area contributed by atoms with E-state index in [2.05, 4.69) is 37.2 Å². The summed E-state index contributed by atoms with van der Waals surface area (Å²) in [6.07, 6.45) is 6.36. The summed E-state index contributed by atoms with van der Waals surface area (Å²) in [5.74, 6) is 1.06. The summed E-state index contributed by atoms with van der Waals surface area (Å²) in [4.78, 5) is 4.35. The molecule has 1 unspecified atom stereocenters. The molecule has 0 saturated heterocycles. The summed E-state index contributed by atoms with van der Waals surface area (Å²) in [6.45, 7) is 3.04. The van der Waals surface area contributed by atoms with Gasteiger partial charge >= 0.3 is 0 Å². The summed E-state index contributed by atoms with van der Waals surface area (Å²) in [5, 5.41) is 13.8. The van der Waals surface area contributed by atoms with Crippen LogP contribution in [0.1, 0.15) is 24.5 Å². The lowest BCUT2D eigenvalue weighted by Crippen LogP contribution is -2.21. The van der Waals surface area contributed by atoms with Crippen molar-refractivity contribution in [2.24, 2.45) is 0 Å². The second-order valence-corrected chi connectivity index (χ2v) is 3.57. The maximum atomic E-state index is 4.35. The first-order valence-electron chi connectivity index (χ1n) is 5.38. The number of hydrogen-bond acceptors (Lipinski definition) is 4. The van der Waals surface area contributed by atoms with E-state index in [1.165, 1.54) is 0 Å². The number of nitrogens with one attached hydrogen (secondary N) is 2. The summed E-state index contributed by atoms with van der Waals surface area (Å²) < 4.78 is 2.13. The van der Waals surface area contributed by atoms with Crippen molar-refractivity contribution < 1.29 is 0 Å². The molecule has 1 atom stereocenters. The van der Waals surface area contributed by atoms with Gasteiger partial charge in [0, 0.05) is 25.4 Å². The Labute approximate surface area is 94.1 Å². The number of H-pyrrole nitrogens is 1. The van der Waals surface area contributed by atoms with Gasteiger partial charge in [-0.2, -0.15) is 15.4 Å². The predicted octanol–water partition coefficient (Wildman–Crippen LogP) is 0.524. The van der Waals surface area contributed by atoms with Crippen molar-refractivity contribution >= 4 is 0 Å². The molecule has 0 bridgehead atoms. The molecule has 2 rings (SSSR count). The van der Waals surface area contributed by atoms with Gasteiger partial charge < -0.3 is 9.88 Å². The minimum atomic E-state index is 0.145. The number of aryl methyl sites for hydroxylation is 1. The monoisotopic (exact) mass is 220 g/mol. The average Bonchev–Trinajstić information content (AvgIpc) is 2.96. The molecule has 0 aliphatic carbocycles. The molecule has 0 aliphatic heterocycles. The number of hydrogen-bond donors (Lipinski definition) is 2. The molecule has 2 aromatic rings. The topological polar surface area (TPSA) is 71.4 Å². The Balaban J connectivity index is 2.13. The molecule has 2 heterocycles. The summed E-state index contributed by atoms with van der Waals surface area (Å²) in [6, 6.07) is 0.145. The van der Waals surface area contributed by atoms with E-state index in [9.17, 15) is 0 Å². The minimum Gasteiger partial charge on any atom is -0.335 e. The molecule has 0 saturated carbocycles. The number of likely N-dealkylation sites (N-methyl/N-ethyl adjacent to an activating group) is 1. The fourth-order valence-corrected chi connectivity index (χ4v) is 1.73. The average molecular weight is 220 g/mol. The Hall–Kier alpha value is -1.69. The number of imidazole rings is 1. The van der Waals surface area contributed by atoms with Crippen LogP contribution in [0, 0.1) is 0 Å². The van der Waals surface area contributed by atoms with Crippen LogP contribution in [0.25, 0.3) is 0 Å². The van der Waals surface area contributed by atoms with E-state index >= 15 is 0 Å². The third-order valence-electron chi connectivity index (χ3n) is 2.67. The van der Waals surface area contributed by atoms with Crippen molar-refractivity contribution in [2.75, 3.05) is 7.05 Å². The first-order chi connectivity index (χ1) is 7.85.